The van der Waals surface area contributed by atoms with Crippen LogP contribution in [0.25, 0.3) is 5.82 Å². The molecule has 0 spiro atoms. The molecular formula is C21H21N3O4. The van der Waals surface area contributed by atoms with Crippen LogP contribution in [0.1, 0.15) is 46.2 Å². The van der Waals surface area contributed by atoms with Gasteiger partial charge in [-0.2, -0.15) is 5.10 Å². The van der Waals surface area contributed by atoms with Gasteiger partial charge in [0.2, 0.25) is 5.78 Å². The number of rotatable bonds is 7. The summed E-state index contributed by atoms with van der Waals surface area (Å²) in [6.45, 7) is 3.52. The van der Waals surface area contributed by atoms with Crippen LogP contribution in [0, 0.1) is 0 Å². The molecule has 0 fully saturated rings. The smallest absolute Gasteiger partial charge is 0.342 e. The molecule has 0 aliphatic rings. The Bertz CT molecular complexity index is 980. The van der Waals surface area contributed by atoms with Crippen molar-refractivity contribution in [1.82, 2.24) is 14.8 Å². The van der Waals surface area contributed by atoms with E-state index >= 15 is 0 Å². The second-order valence-electron chi connectivity index (χ2n) is 6.40. The lowest BCUT2D eigenvalue weighted by Gasteiger charge is -2.12. The Morgan fingerprint density at radius 1 is 1.07 bits per heavy atom. The van der Waals surface area contributed by atoms with Gasteiger partial charge in [-0.15, -0.1) is 0 Å². The number of carbonyl (C=O) groups excluding carboxylic acids is 2. The normalized spacial score (nSPS) is 10.7. The Hall–Kier alpha value is -3.48. The van der Waals surface area contributed by atoms with Gasteiger partial charge in [0, 0.05) is 6.20 Å². The van der Waals surface area contributed by atoms with Crippen LogP contribution in [0.15, 0.2) is 54.9 Å². The highest BCUT2D eigenvalue weighted by Gasteiger charge is 2.23. The van der Waals surface area contributed by atoms with Gasteiger partial charge >= 0.3 is 5.97 Å². The van der Waals surface area contributed by atoms with Crippen LogP contribution in [0.5, 0.6) is 5.75 Å². The largest absolute Gasteiger partial charge is 0.496 e. The monoisotopic (exact) mass is 379 g/mol. The molecule has 0 unspecified atom stereocenters. The fraction of sp³-hybridized carbons (Fsp3) is 0.238. The first-order valence-electron chi connectivity index (χ1n) is 8.85. The highest BCUT2D eigenvalue weighted by molar-refractivity contribution is 6.01. The molecule has 0 bridgehead atoms. The third-order valence-electron chi connectivity index (χ3n) is 4.18. The number of esters is 1. The molecule has 0 atom stereocenters. The average Bonchev–Trinajstić information content (AvgIpc) is 3.18. The Morgan fingerprint density at radius 2 is 1.82 bits per heavy atom. The zero-order valence-electron chi connectivity index (χ0n) is 16.0. The molecule has 7 heteroatoms. The fourth-order valence-corrected chi connectivity index (χ4v) is 2.89. The second-order valence-corrected chi connectivity index (χ2v) is 6.40. The quantitative estimate of drug-likeness (QED) is 0.462. The Morgan fingerprint density at radius 3 is 2.50 bits per heavy atom. The van der Waals surface area contributed by atoms with Gasteiger partial charge < -0.3 is 9.47 Å². The van der Waals surface area contributed by atoms with Gasteiger partial charge in [-0.25, -0.2) is 14.5 Å². The molecule has 0 saturated heterocycles. The number of aromatic nitrogens is 3. The van der Waals surface area contributed by atoms with E-state index in [1.165, 1.54) is 13.3 Å². The van der Waals surface area contributed by atoms with E-state index in [1.807, 2.05) is 19.9 Å². The number of hydrogen-bond donors (Lipinski definition) is 0. The number of carbonyl (C=O) groups is 2. The van der Waals surface area contributed by atoms with Crippen molar-refractivity contribution < 1.29 is 19.1 Å². The number of benzene rings is 1. The number of ketones is 1. The predicted octanol–water partition coefficient (Wildman–Crippen LogP) is 3.44. The lowest BCUT2D eigenvalue weighted by atomic mass is 10.1. The minimum Gasteiger partial charge on any atom is -0.496 e. The van der Waals surface area contributed by atoms with Crippen molar-refractivity contribution in [3.8, 4) is 11.6 Å². The molecule has 7 nitrogen and oxygen atoms in total. The highest BCUT2D eigenvalue weighted by atomic mass is 16.5. The molecule has 0 N–H and O–H groups in total. The number of pyridine rings is 1. The molecule has 0 aliphatic carbocycles. The average molecular weight is 379 g/mol. The maximum atomic E-state index is 12.6. The van der Waals surface area contributed by atoms with Gasteiger partial charge in [0.25, 0.3) is 0 Å². The number of para-hydroxylation sites is 1. The summed E-state index contributed by atoms with van der Waals surface area (Å²) in [5.41, 5.74) is 1.35. The standard InChI is InChI=1S/C21H21N3O4/c1-14(2)20-16(12-23-24(20)19-10-6-7-11-22-19)21(26)28-13-17(25)15-8-4-5-9-18(15)27-3/h4-12,14H,13H2,1-3H3. The van der Waals surface area contributed by atoms with Crippen LogP contribution in [-0.2, 0) is 4.74 Å². The molecule has 28 heavy (non-hydrogen) atoms. The molecule has 0 aliphatic heterocycles. The number of ether oxygens (including phenoxy) is 2. The second kappa shape index (κ2) is 8.47. The van der Waals surface area contributed by atoms with Crippen LogP contribution >= 0.6 is 0 Å². The van der Waals surface area contributed by atoms with E-state index in [-0.39, 0.29) is 18.3 Å². The van der Waals surface area contributed by atoms with Crippen molar-refractivity contribution >= 4 is 11.8 Å². The lowest BCUT2D eigenvalue weighted by Crippen LogP contribution is -2.16. The molecule has 2 heterocycles. The third-order valence-corrected chi connectivity index (χ3v) is 4.18. The first-order chi connectivity index (χ1) is 13.5. The lowest BCUT2D eigenvalue weighted by molar-refractivity contribution is 0.0472. The molecule has 0 saturated carbocycles. The summed E-state index contributed by atoms with van der Waals surface area (Å²) >= 11 is 0. The van der Waals surface area contributed by atoms with E-state index in [0.29, 0.717) is 28.4 Å². The molecule has 3 rings (SSSR count). The van der Waals surface area contributed by atoms with E-state index in [2.05, 4.69) is 10.1 Å². The zero-order chi connectivity index (χ0) is 20.1. The van der Waals surface area contributed by atoms with E-state index in [4.69, 9.17) is 9.47 Å². The van der Waals surface area contributed by atoms with E-state index < -0.39 is 5.97 Å². The third kappa shape index (κ3) is 3.93. The van der Waals surface area contributed by atoms with Crippen LogP contribution in [0.2, 0.25) is 0 Å². The van der Waals surface area contributed by atoms with Gasteiger partial charge in [0.15, 0.2) is 12.4 Å². The zero-order valence-corrected chi connectivity index (χ0v) is 16.0. The van der Waals surface area contributed by atoms with Gasteiger partial charge in [0.05, 0.1) is 24.6 Å². The Labute approximate surface area is 162 Å². The summed E-state index contributed by atoms with van der Waals surface area (Å²) in [7, 11) is 1.49. The topological polar surface area (TPSA) is 83.3 Å². The minimum atomic E-state index is -0.603. The summed E-state index contributed by atoms with van der Waals surface area (Å²) in [5.74, 6) is 0.102. The predicted molar refractivity (Wildman–Crippen MR) is 103 cm³/mol. The summed E-state index contributed by atoms with van der Waals surface area (Å²) in [4.78, 5) is 29.3. The summed E-state index contributed by atoms with van der Waals surface area (Å²) in [6.07, 6.45) is 3.10. The number of methoxy groups -OCH3 is 1. The molecule has 0 amide bonds. The number of hydrogen-bond acceptors (Lipinski definition) is 6. The fourth-order valence-electron chi connectivity index (χ4n) is 2.89. The van der Waals surface area contributed by atoms with Gasteiger partial charge in [-0.3, -0.25) is 4.79 Å². The SMILES string of the molecule is COc1ccccc1C(=O)COC(=O)c1cnn(-c2ccccn2)c1C(C)C. The number of nitrogens with zero attached hydrogens (tertiary/aromatic N) is 3. The van der Waals surface area contributed by atoms with Crippen molar-refractivity contribution in [2.24, 2.45) is 0 Å². The van der Waals surface area contributed by atoms with Crippen molar-refractivity contribution in [1.29, 1.82) is 0 Å². The molecule has 0 radical (unpaired) electrons. The molecule has 2 aromatic heterocycles. The van der Waals surface area contributed by atoms with Gasteiger partial charge in [-0.1, -0.05) is 32.0 Å². The summed E-state index contributed by atoms with van der Waals surface area (Å²) in [6, 6.07) is 12.3. The van der Waals surface area contributed by atoms with Crippen molar-refractivity contribution in [3.05, 3.63) is 71.7 Å². The van der Waals surface area contributed by atoms with Crippen molar-refractivity contribution in [3.63, 3.8) is 0 Å². The summed E-state index contributed by atoms with van der Waals surface area (Å²) < 4.78 is 12.1. The number of Topliss-reactive ketones (excluding diaryl/α,β-unsaturated/α-hetero) is 1. The van der Waals surface area contributed by atoms with E-state index in [1.54, 1.807) is 47.3 Å². The minimum absolute atomic E-state index is 0.00280. The van der Waals surface area contributed by atoms with Crippen molar-refractivity contribution in [2.75, 3.05) is 13.7 Å². The summed E-state index contributed by atoms with van der Waals surface area (Å²) in [5, 5.41) is 4.29. The molecule has 1 aromatic carbocycles. The first-order valence-corrected chi connectivity index (χ1v) is 8.85. The maximum absolute atomic E-state index is 12.6. The maximum Gasteiger partial charge on any atom is 0.342 e. The van der Waals surface area contributed by atoms with Crippen LogP contribution in [-0.4, -0.2) is 40.2 Å². The van der Waals surface area contributed by atoms with E-state index in [0.717, 1.165) is 0 Å². The van der Waals surface area contributed by atoms with Gasteiger partial charge in [0.1, 0.15) is 11.3 Å². The molecule has 144 valence electrons. The van der Waals surface area contributed by atoms with Crippen LogP contribution in [0.4, 0.5) is 0 Å². The first kappa shape index (κ1) is 19.3. The van der Waals surface area contributed by atoms with Crippen LogP contribution < -0.4 is 4.74 Å². The van der Waals surface area contributed by atoms with E-state index in [9.17, 15) is 9.59 Å². The van der Waals surface area contributed by atoms with Crippen LogP contribution in [0.3, 0.4) is 0 Å². The van der Waals surface area contributed by atoms with Crippen molar-refractivity contribution in [2.45, 2.75) is 19.8 Å². The Kier molecular flexibility index (Phi) is 5.84. The van der Waals surface area contributed by atoms with Gasteiger partial charge in [-0.05, 0) is 30.2 Å². The highest BCUT2D eigenvalue weighted by Crippen LogP contribution is 2.23. The molecule has 3 aromatic rings. The Balaban J connectivity index is 1.80. The molecular weight excluding hydrogens is 358 g/mol.